The number of nitrogens with zero attached hydrogens (tertiary/aromatic N) is 2. The lowest BCUT2D eigenvalue weighted by Gasteiger charge is -2.33. The molecule has 2 heteroatoms. The molecule has 0 saturated heterocycles. The van der Waals surface area contributed by atoms with Gasteiger partial charge in [-0.05, 0) is 25.7 Å². The highest BCUT2D eigenvalue weighted by atomic mass is 15.4. The Kier molecular flexibility index (Phi) is 35.5. The molecule has 0 amide bonds. The Morgan fingerprint density at radius 2 is 0.479 bits per heavy atom. The summed E-state index contributed by atoms with van der Waals surface area (Å²) in [6.45, 7) is 9.49. The average Bonchev–Trinajstić information content (AvgIpc) is 3.48. The quantitative estimate of drug-likeness (QED) is 0.0598. The second kappa shape index (κ2) is 37.6. The fourth-order valence-electron chi connectivity index (χ4n) is 7.95. The van der Waals surface area contributed by atoms with Crippen molar-refractivity contribution in [2.75, 3.05) is 13.1 Å². The van der Waals surface area contributed by atoms with E-state index in [9.17, 15) is 0 Å². The van der Waals surface area contributed by atoms with E-state index in [1.54, 1.807) is 0 Å². The molecule has 286 valence electrons. The maximum absolute atomic E-state index is 2.73. The van der Waals surface area contributed by atoms with Crippen LogP contribution >= 0.6 is 0 Å². The van der Waals surface area contributed by atoms with Crippen molar-refractivity contribution in [3.63, 3.8) is 0 Å². The van der Waals surface area contributed by atoms with Gasteiger partial charge in [0.1, 0.15) is 6.17 Å². The Bertz CT molecular complexity index is 630. The van der Waals surface area contributed by atoms with E-state index in [4.69, 9.17) is 0 Å². The molecule has 1 aliphatic heterocycles. The Hall–Kier alpha value is -0.660. The van der Waals surface area contributed by atoms with Crippen LogP contribution in [0.4, 0.5) is 0 Å². The predicted octanol–water partition coefficient (Wildman–Crippen LogP) is 16.3. The Morgan fingerprint density at radius 3 is 0.729 bits per heavy atom. The summed E-state index contributed by atoms with van der Waals surface area (Å²) in [5.41, 5.74) is 0. The van der Waals surface area contributed by atoms with Crippen LogP contribution in [0, 0.1) is 0 Å². The third-order valence-electron chi connectivity index (χ3n) is 11.3. The van der Waals surface area contributed by atoms with Gasteiger partial charge in [0.15, 0.2) is 0 Å². The second-order valence-corrected chi connectivity index (χ2v) is 16.1. The topological polar surface area (TPSA) is 6.48 Å². The van der Waals surface area contributed by atoms with Crippen molar-refractivity contribution in [3.8, 4) is 0 Å². The van der Waals surface area contributed by atoms with Crippen molar-refractivity contribution in [3.05, 3.63) is 12.4 Å². The number of rotatable bonds is 40. The summed E-state index contributed by atoms with van der Waals surface area (Å²) in [6.07, 6.45) is 60.4. The van der Waals surface area contributed by atoms with Crippen LogP contribution in [0.25, 0.3) is 0 Å². The number of hydrogen-bond acceptors (Lipinski definition) is 2. The molecule has 0 saturated carbocycles. The van der Waals surface area contributed by atoms with Gasteiger partial charge >= 0.3 is 0 Å². The smallest absolute Gasteiger partial charge is 0.101 e. The molecule has 0 bridgehead atoms. The summed E-state index contributed by atoms with van der Waals surface area (Å²) >= 11 is 0. The van der Waals surface area contributed by atoms with Gasteiger partial charge in [-0.2, -0.15) is 0 Å². The van der Waals surface area contributed by atoms with Crippen molar-refractivity contribution in [2.45, 2.75) is 271 Å². The van der Waals surface area contributed by atoms with E-state index in [1.807, 2.05) is 0 Å². The van der Waals surface area contributed by atoms with Gasteiger partial charge in [0, 0.05) is 25.5 Å². The first-order valence-electron chi connectivity index (χ1n) is 23.0. The molecule has 0 radical (unpaired) electrons. The normalized spacial score (nSPS) is 14.6. The van der Waals surface area contributed by atoms with Crippen molar-refractivity contribution < 1.29 is 0 Å². The molecule has 1 aliphatic rings. The molecular formula is C46H92N2. The van der Waals surface area contributed by atoms with Gasteiger partial charge in [0.05, 0.1) is 0 Å². The van der Waals surface area contributed by atoms with Crippen LogP contribution < -0.4 is 0 Å². The van der Waals surface area contributed by atoms with Crippen molar-refractivity contribution in [1.82, 2.24) is 9.80 Å². The molecule has 0 N–H and O–H groups in total. The highest BCUT2D eigenvalue weighted by Gasteiger charge is 2.24. The first-order valence-corrected chi connectivity index (χ1v) is 23.0. The Balaban J connectivity index is 2.22. The minimum absolute atomic E-state index is 0.637. The summed E-state index contributed by atoms with van der Waals surface area (Å²) < 4.78 is 0. The van der Waals surface area contributed by atoms with Crippen LogP contribution in [0.5, 0.6) is 0 Å². The minimum Gasteiger partial charge on any atom is -0.356 e. The summed E-state index contributed by atoms with van der Waals surface area (Å²) in [5.74, 6) is 0. The van der Waals surface area contributed by atoms with Gasteiger partial charge in [-0.25, -0.2) is 0 Å². The largest absolute Gasteiger partial charge is 0.356 e. The predicted molar refractivity (Wildman–Crippen MR) is 219 cm³/mol. The molecule has 0 aromatic carbocycles. The lowest BCUT2D eigenvalue weighted by molar-refractivity contribution is 0.135. The lowest BCUT2D eigenvalue weighted by Crippen LogP contribution is -2.39. The van der Waals surface area contributed by atoms with E-state index in [-0.39, 0.29) is 0 Å². The average molecular weight is 673 g/mol. The summed E-state index contributed by atoms with van der Waals surface area (Å²) in [5, 5.41) is 0. The number of hydrogen-bond donors (Lipinski definition) is 0. The van der Waals surface area contributed by atoms with Crippen molar-refractivity contribution in [1.29, 1.82) is 0 Å². The molecule has 0 spiro atoms. The SMILES string of the molecule is CCCCCCCCCCCCCCCN1C=CN(CCCCCCCCCCCCCC)C1CCCCCCCCCCCCCC. The molecule has 1 heterocycles. The zero-order valence-corrected chi connectivity index (χ0v) is 33.9. The van der Waals surface area contributed by atoms with Gasteiger partial charge < -0.3 is 9.80 Å². The van der Waals surface area contributed by atoms with Crippen LogP contribution in [0.1, 0.15) is 265 Å². The maximum Gasteiger partial charge on any atom is 0.101 e. The zero-order chi connectivity index (χ0) is 34.4. The molecule has 48 heavy (non-hydrogen) atoms. The monoisotopic (exact) mass is 673 g/mol. The third-order valence-corrected chi connectivity index (χ3v) is 11.3. The fraction of sp³-hybridized carbons (Fsp3) is 0.957. The molecule has 2 nitrogen and oxygen atoms in total. The van der Waals surface area contributed by atoms with Crippen LogP contribution in [0.15, 0.2) is 12.4 Å². The van der Waals surface area contributed by atoms with Crippen LogP contribution in [0.3, 0.4) is 0 Å². The molecule has 0 aliphatic carbocycles. The highest BCUT2D eigenvalue weighted by Crippen LogP contribution is 2.24. The fourth-order valence-corrected chi connectivity index (χ4v) is 7.95. The zero-order valence-electron chi connectivity index (χ0n) is 33.9. The first-order chi connectivity index (χ1) is 23.8. The molecular weight excluding hydrogens is 581 g/mol. The van der Waals surface area contributed by atoms with Gasteiger partial charge in [0.25, 0.3) is 0 Å². The molecule has 0 fully saturated rings. The van der Waals surface area contributed by atoms with E-state index < -0.39 is 0 Å². The third kappa shape index (κ3) is 29.1. The second-order valence-electron chi connectivity index (χ2n) is 16.1. The maximum atomic E-state index is 2.73. The minimum atomic E-state index is 0.637. The Morgan fingerprint density at radius 1 is 0.271 bits per heavy atom. The number of unbranched alkanes of at least 4 members (excludes halogenated alkanes) is 34. The van der Waals surface area contributed by atoms with E-state index in [0.717, 1.165) is 0 Å². The molecule has 1 unspecified atom stereocenters. The van der Waals surface area contributed by atoms with Gasteiger partial charge in [-0.15, -0.1) is 0 Å². The van der Waals surface area contributed by atoms with Crippen molar-refractivity contribution >= 4 is 0 Å². The lowest BCUT2D eigenvalue weighted by atomic mass is 10.0. The van der Waals surface area contributed by atoms with Gasteiger partial charge in [-0.3, -0.25) is 0 Å². The first kappa shape index (κ1) is 45.4. The standard InChI is InChI=1S/C46H92N2/c1-4-7-10-13-16-19-22-25-28-31-34-37-40-43-48-45-44-47(42-39-36-33-30-27-24-21-18-15-12-9-6-3)46(48)41-38-35-32-29-26-23-20-17-14-11-8-5-2/h44-46H,4-43H2,1-3H3. The van der Waals surface area contributed by atoms with Crippen LogP contribution in [0.2, 0.25) is 0 Å². The molecule has 0 aromatic rings. The summed E-state index contributed by atoms with van der Waals surface area (Å²) in [4.78, 5) is 5.47. The molecule has 1 rings (SSSR count). The van der Waals surface area contributed by atoms with Crippen LogP contribution in [-0.2, 0) is 0 Å². The summed E-state index contributed by atoms with van der Waals surface area (Å²) in [7, 11) is 0. The van der Waals surface area contributed by atoms with E-state index in [0.29, 0.717) is 6.17 Å². The highest BCUT2D eigenvalue weighted by molar-refractivity contribution is 4.97. The summed E-state index contributed by atoms with van der Waals surface area (Å²) in [6, 6.07) is 0. The Labute approximate surface area is 305 Å². The van der Waals surface area contributed by atoms with Crippen molar-refractivity contribution in [2.24, 2.45) is 0 Å². The van der Waals surface area contributed by atoms with E-state index in [2.05, 4.69) is 43.0 Å². The van der Waals surface area contributed by atoms with Crippen LogP contribution in [-0.4, -0.2) is 29.1 Å². The molecule has 0 aromatic heterocycles. The van der Waals surface area contributed by atoms with Gasteiger partial charge in [-0.1, -0.05) is 239 Å². The molecule has 1 atom stereocenters. The van der Waals surface area contributed by atoms with E-state index in [1.165, 1.54) is 257 Å². The van der Waals surface area contributed by atoms with Gasteiger partial charge in [0.2, 0.25) is 0 Å². The van der Waals surface area contributed by atoms with E-state index >= 15 is 0 Å².